The summed E-state index contributed by atoms with van der Waals surface area (Å²) in [5, 5.41) is 13.2. The van der Waals surface area contributed by atoms with Gasteiger partial charge in [0.15, 0.2) is 0 Å². The molecular formula is C19H33N5O. The Bertz CT molecular complexity index is 530. The van der Waals surface area contributed by atoms with Gasteiger partial charge in [0.05, 0.1) is 17.9 Å². The summed E-state index contributed by atoms with van der Waals surface area (Å²) in [6.07, 6.45) is 10.1. The summed E-state index contributed by atoms with van der Waals surface area (Å²) in [6, 6.07) is 2.23. The molecule has 2 aliphatic rings. The van der Waals surface area contributed by atoms with Gasteiger partial charge in [-0.1, -0.05) is 26.2 Å². The molecule has 3 rings (SSSR count). The van der Waals surface area contributed by atoms with E-state index in [4.69, 9.17) is 0 Å². The van der Waals surface area contributed by atoms with Gasteiger partial charge in [-0.3, -0.25) is 5.10 Å². The molecule has 6 heteroatoms. The molecule has 1 aromatic rings. The van der Waals surface area contributed by atoms with Crippen molar-refractivity contribution in [2.75, 3.05) is 19.6 Å². The number of aryl methyl sites for hydroxylation is 1. The Hall–Kier alpha value is -1.56. The molecular weight excluding hydrogens is 314 g/mol. The zero-order chi connectivity index (χ0) is 17.5. The van der Waals surface area contributed by atoms with Gasteiger partial charge in [-0.2, -0.15) is 5.10 Å². The van der Waals surface area contributed by atoms with Gasteiger partial charge in [-0.25, -0.2) is 4.79 Å². The smallest absolute Gasteiger partial charge is 0.315 e. The Balaban J connectivity index is 1.31. The van der Waals surface area contributed by atoms with E-state index in [9.17, 15) is 4.79 Å². The van der Waals surface area contributed by atoms with Crippen molar-refractivity contribution in [2.45, 2.75) is 70.9 Å². The average Bonchev–Trinajstić information content (AvgIpc) is 3.11. The summed E-state index contributed by atoms with van der Waals surface area (Å²) in [4.78, 5) is 14.7. The molecule has 6 nitrogen and oxygen atoms in total. The molecule has 1 aliphatic heterocycles. The largest absolute Gasteiger partial charge is 0.335 e. The lowest BCUT2D eigenvalue weighted by Crippen LogP contribution is -2.48. The predicted molar refractivity (Wildman–Crippen MR) is 99.4 cm³/mol. The molecule has 2 fully saturated rings. The number of likely N-dealkylation sites (tertiary alicyclic amines) is 1. The number of urea groups is 1. The fourth-order valence-electron chi connectivity index (χ4n) is 4.09. The zero-order valence-corrected chi connectivity index (χ0v) is 15.5. The minimum atomic E-state index is -0.0709. The second-order valence-electron chi connectivity index (χ2n) is 7.64. The first kappa shape index (κ1) is 18.2. The van der Waals surface area contributed by atoms with Gasteiger partial charge >= 0.3 is 6.03 Å². The Labute approximate surface area is 151 Å². The number of carbonyl (C=O) groups is 1. The molecule has 0 bridgehead atoms. The van der Waals surface area contributed by atoms with Crippen molar-refractivity contribution in [1.82, 2.24) is 25.7 Å². The number of nitrogens with one attached hydrogen (secondary N) is 3. The van der Waals surface area contributed by atoms with Crippen LogP contribution in [0.5, 0.6) is 0 Å². The normalized spacial score (nSPS) is 20.5. The van der Waals surface area contributed by atoms with E-state index in [-0.39, 0.29) is 6.03 Å². The van der Waals surface area contributed by atoms with Crippen molar-refractivity contribution in [1.29, 1.82) is 0 Å². The van der Waals surface area contributed by atoms with Crippen molar-refractivity contribution < 1.29 is 4.79 Å². The van der Waals surface area contributed by atoms with Crippen molar-refractivity contribution in [3.8, 4) is 0 Å². The van der Waals surface area contributed by atoms with E-state index in [0.29, 0.717) is 12.6 Å². The van der Waals surface area contributed by atoms with Crippen LogP contribution in [-0.2, 0) is 13.0 Å². The standard InChI is InChI=1S/C19H33N5O/c1-2-16-12-18(23-22-16)13-20-19(25)21-17-8-10-24(11-9-17)14-15-6-4-3-5-7-15/h12,15,17H,2-11,13-14H2,1H3,(H,22,23)(H2,20,21,25). The van der Waals surface area contributed by atoms with Crippen LogP contribution in [0.25, 0.3) is 0 Å². The number of carbonyl (C=O) groups excluding carboxylic acids is 1. The van der Waals surface area contributed by atoms with Crippen LogP contribution in [0.1, 0.15) is 63.3 Å². The molecule has 1 saturated heterocycles. The van der Waals surface area contributed by atoms with E-state index in [1.165, 1.54) is 38.6 Å². The van der Waals surface area contributed by atoms with E-state index in [1.54, 1.807) is 0 Å². The van der Waals surface area contributed by atoms with Crippen LogP contribution in [0.3, 0.4) is 0 Å². The summed E-state index contributed by atoms with van der Waals surface area (Å²) >= 11 is 0. The number of H-pyrrole nitrogens is 1. The van der Waals surface area contributed by atoms with Crippen molar-refractivity contribution in [2.24, 2.45) is 5.92 Å². The maximum absolute atomic E-state index is 12.1. The second-order valence-corrected chi connectivity index (χ2v) is 7.64. The summed E-state index contributed by atoms with van der Waals surface area (Å²) in [7, 11) is 0. The summed E-state index contributed by atoms with van der Waals surface area (Å²) in [5.41, 5.74) is 1.98. The minimum absolute atomic E-state index is 0.0709. The molecule has 0 radical (unpaired) electrons. The first-order valence-corrected chi connectivity index (χ1v) is 10.0. The molecule has 0 aromatic carbocycles. The molecule has 2 amide bonds. The van der Waals surface area contributed by atoms with Gasteiger partial charge in [-0.15, -0.1) is 0 Å². The van der Waals surface area contributed by atoms with Gasteiger partial charge in [0, 0.05) is 25.7 Å². The lowest BCUT2D eigenvalue weighted by atomic mass is 9.88. The van der Waals surface area contributed by atoms with Crippen molar-refractivity contribution in [3.05, 3.63) is 17.5 Å². The monoisotopic (exact) mass is 347 g/mol. The quantitative estimate of drug-likeness (QED) is 0.741. The van der Waals surface area contributed by atoms with Crippen LogP contribution in [-0.4, -0.2) is 46.8 Å². The SMILES string of the molecule is CCc1cc(CNC(=O)NC2CCN(CC3CCCCC3)CC2)[nH]n1. The highest BCUT2D eigenvalue weighted by atomic mass is 16.2. The Morgan fingerprint density at radius 3 is 2.68 bits per heavy atom. The highest BCUT2D eigenvalue weighted by molar-refractivity contribution is 5.74. The third kappa shape index (κ3) is 5.73. The van der Waals surface area contributed by atoms with Gasteiger partial charge in [0.1, 0.15) is 0 Å². The molecule has 0 unspecified atom stereocenters. The van der Waals surface area contributed by atoms with Gasteiger partial charge in [0.2, 0.25) is 0 Å². The van der Waals surface area contributed by atoms with Gasteiger partial charge in [0.25, 0.3) is 0 Å². The first-order valence-electron chi connectivity index (χ1n) is 10.0. The van der Waals surface area contributed by atoms with Crippen LogP contribution >= 0.6 is 0 Å². The van der Waals surface area contributed by atoms with E-state index in [1.807, 2.05) is 6.07 Å². The number of hydrogen-bond donors (Lipinski definition) is 3. The van der Waals surface area contributed by atoms with E-state index < -0.39 is 0 Å². The van der Waals surface area contributed by atoms with Crippen LogP contribution in [0.2, 0.25) is 0 Å². The zero-order valence-electron chi connectivity index (χ0n) is 15.5. The molecule has 2 heterocycles. The topological polar surface area (TPSA) is 73.1 Å². The Morgan fingerprint density at radius 2 is 2.00 bits per heavy atom. The van der Waals surface area contributed by atoms with Crippen molar-refractivity contribution >= 4 is 6.03 Å². The van der Waals surface area contributed by atoms with Crippen LogP contribution < -0.4 is 10.6 Å². The lowest BCUT2D eigenvalue weighted by Gasteiger charge is -2.35. The summed E-state index contributed by atoms with van der Waals surface area (Å²) in [5.74, 6) is 0.906. The average molecular weight is 348 g/mol. The van der Waals surface area contributed by atoms with Gasteiger partial charge in [-0.05, 0) is 44.1 Å². The number of aromatic nitrogens is 2. The number of aromatic amines is 1. The number of nitrogens with zero attached hydrogens (tertiary/aromatic N) is 2. The fraction of sp³-hybridized carbons (Fsp3) is 0.789. The first-order chi connectivity index (χ1) is 12.2. The fourth-order valence-corrected chi connectivity index (χ4v) is 4.09. The van der Waals surface area contributed by atoms with Crippen LogP contribution in [0.15, 0.2) is 6.07 Å². The summed E-state index contributed by atoms with van der Waals surface area (Å²) < 4.78 is 0. The maximum Gasteiger partial charge on any atom is 0.315 e. The molecule has 140 valence electrons. The molecule has 1 aliphatic carbocycles. The third-order valence-corrected chi connectivity index (χ3v) is 5.65. The summed E-state index contributed by atoms with van der Waals surface area (Å²) in [6.45, 7) is 6.06. The van der Waals surface area contributed by atoms with E-state index >= 15 is 0 Å². The number of amides is 2. The second kappa shape index (κ2) is 9.22. The maximum atomic E-state index is 12.1. The molecule has 3 N–H and O–H groups in total. The van der Waals surface area contributed by atoms with Gasteiger partial charge < -0.3 is 15.5 Å². The third-order valence-electron chi connectivity index (χ3n) is 5.65. The van der Waals surface area contributed by atoms with Crippen molar-refractivity contribution in [3.63, 3.8) is 0 Å². The van der Waals surface area contributed by atoms with E-state index in [2.05, 4.69) is 32.7 Å². The van der Waals surface area contributed by atoms with Crippen LogP contribution in [0, 0.1) is 5.92 Å². The Morgan fingerprint density at radius 1 is 1.24 bits per heavy atom. The number of hydrogen-bond acceptors (Lipinski definition) is 3. The number of piperidine rings is 1. The molecule has 1 saturated carbocycles. The highest BCUT2D eigenvalue weighted by Crippen LogP contribution is 2.25. The molecule has 0 spiro atoms. The highest BCUT2D eigenvalue weighted by Gasteiger charge is 2.23. The Kier molecular flexibility index (Phi) is 6.73. The molecule has 0 atom stereocenters. The molecule has 25 heavy (non-hydrogen) atoms. The molecule has 1 aromatic heterocycles. The minimum Gasteiger partial charge on any atom is -0.335 e. The van der Waals surface area contributed by atoms with E-state index in [0.717, 1.165) is 49.7 Å². The van der Waals surface area contributed by atoms with Crippen LogP contribution in [0.4, 0.5) is 4.79 Å². The predicted octanol–water partition coefficient (Wildman–Crippen LogP) is 2.82. The number of rotatable bonds is 6. The lowest BCUT2D eigenvalue weighted by molar-refractivity contribution is 0.155.